The Bertz CT molecular complexity index is 1470. The second kappa shape index (κ2) is 12.2. The van der Waals surface area contributed by atoms with Gasteiger partial charge in [0.05, 0.1) is 35.7 Å². The van der Waals surface area contributed by atoms with E-state index in [1.807, 2.05) is 96.1 Å². The van der Waals surface area contributed by atoms with Gasteiger partial charge in [-0.2, -0.15) is 18.3 Å². The summed E-state index contributed by atoms with van der Waals surface area (Å²) in [6, 6.07) is 11.5. The number of aromatic nitrogens is 4. The number of aryl methyl sites for hydroxylation is 1. The highest BCUT2D eigenvalue weighted by Crippen LogP contribution is 2.36. The highest BCUT2D eigenvalue weighted by Gasteiger charge is 2.26. The molecule has 0 aliphatic rings. The van der Waals surface area contributed by atoms with Gasteiger partial charge in [0.15, 0.2) is 0 Å². The van der Waals surface area contributed by atoms with E-state index < -0.39 is 23.9 Å². The molecule has 0 aliphatic heterocycles. The average Bonchev–Trinajstić information content (AvgIpc) is 3.29. The second-order valence-corrected chi connectivity index (χ2v) is 12.2. The van der Waals surface area contributed by atoms with E-state index in [9.17, 15) is 13.2 Å². The van der Waals surface area contributed by atoms with Gasteiger partial charge >= 0.3 is 6.18 Å². The summed E-state index contributed by atoms with van der Waals surface area (Å²) in [4.78, 5) is 11.5. The van der Waals surface area contributed by atoms with Gasteiger partial charge in [-0.25, -0.2) is 4.98 Å². The summed E-state index contributed by atoms with van der Waals surface area (Å²) in [5.41, 5.74) is 3.63. The predicted octanol–water partition coefficient (Wildman–Crippen LogP) is 7.07. The van der Waals surface area contributed by atoms with Gasteiger partial charge < -0.3 is 19.7 Å². The molecular weight excluding hydrogens is 545 g/mol. The van der Waals surface area contributed by atoms with Crippen molar-refractivity contribution in [3.8, 4) is 22.8 Å². The number of alkyl halides is 3. The number of benzene rings is 2. The Morgan fingerprint density at radius 3 is 2.10 bits per heavy atom. The highest BCUT2D eigenvalue weighted by atomic mass is 19.4. The van der Waals surface area contributed by atoms with Gasteiger partial charge in [0.2, 0.25) is 0 Å². The lowest BCUT2D eigenvalue weighted by Crippen LogP contribution is -2.31. The molecule has 0 fully saturated rings. The van der Waals surface area contributed by atoms with Crippen molar-refractivity contribution in [2.75, 3.05) is 24.5 Å². The van der Waals surface area contributed by atoms with Crippen LogP contribution in [0.1, 0.15) is 48.0 Å². The smallest absolute Gasteiger partial charge is 0.401 e. The molecule has 226 valence electrons. The molecule has 4 rings (SSSR count). The molecule has 4 aromatic rings. The molecule has 42 heavy (non-hydrogen) atoms. The van der Waals surface area contributed by atoms with Crippen LogP contribution in [0.15, 0.2) is 55.0 Å². The molecule has 0 saturated carbocycles. The van der Waals surface area contributed by atoms with Crippen molar-refractivity contribution in [1.82, 2.24) is 25.1 Å². The minimum Gasteiger partial charge on any atom is -0.488 e. The van der Waals surface area contributed by atoms with Gasteiger partial charge in [-0.05, 0) is 72.7 Å². The van der Waals surface area contributed by atoms with E-state index in [1.165, 1.54) is 0 Å². The first-order valence-corrected chi connectivity index (χ1v) is 13.9. The molecule has 0 spiro atoms. The molecule has 2 aromatic carbocycles. The average molecular weight is 585 g/mol. The predicted molar refractivity (Wildman–Crippen MR) is 159 cm³/mol. The van der Waals surface area contributed by atoms with Crippen LogP contribution < -0.4 is 19.7 Å². The molecule has 8 nitrogen and oxygen atoms in total. The van der Waals surface area contributed by atoms with E-state index in [0.29, 0.717) is 35.7 Å². The first kappa shape index (κ1) is 31.1. The van der Waals surface area contributed by atoms with Crippen LogP contribution in [-0.4, -0.2) is 56.8 Å². The fourth-order valence-electron chi connectivity index (χ4n) is 4.40. The number of ether oxygens (including phenoxy) is 2. The molecule has 1 N–H and O–H groups in total. The van der Waals surface area contributed by atoms with Crippen molar-refractivity contribution in [2.24, 2.45) is 7.05 Å². The summed E-state index contributed by atoms with van der Waals surface area (Å²) in [6.07, 6.45) is 1.51. The van der Waals surface area contributed by atoms with E-state index in [4.69, 9.17) is 14.5 Å². The van der Waals surface area contributed by atoms with Gasteiger partial charge in [-0.3, -0.25) is 9.67 Å². The van der Waals surface area contributed by atoms with Crippen LogP contribution in [-0.2, 0) is 7.05 Å². The van der Waals surface area contributed by atoms with E-state index >= 15 is 0 Å². The topological polar surface area (TPSA) is 77.3 Å². The number of hydrogen-bond donors (Lipinski definition) is 1. The maximum absolute atomic E-state index is 12.7. The minimum absolute atomic E-state index is 0.193. The number of nitrogens with zero attached hydrogens (tertiary/aromatic N) is 5. The van der Waals surface area contributed by atoms with Crippen molar-refractivity contribution >= 4 is 22.4 Å². The van der Waals surface area contributed by atoms with Gasteiger partial charge in [-0.15, -0.1) is 0 Å². The standard InChI is InChI=1S/C31H39F3N6O2/c1-29(2,3)41-24-13-23(14-25(16-24)42-30(4,5)6)40(12-8-11-35-20-31(32,33)34)22-9-10-26-27(15-22)38-28(18-36-26)21-17-37-39(7)19-21/h9-10,13-19,35H,8,11-12,20H2,1-7H3. The fourth-order valence-corrected chi connectivity index (χ4v) is 4.40. The Morgan fingerprint density at radius 2 is 1.52 bits per heavy atom. The SMILES string of the molecule is Cn1cc(-c2cnc3ccc(N(CCCNCC(F)(F)F)c4cc(OC(C)(C)C)cc(OC(C)(C)C)c4)cc3n2)cn1. The molecule has 0 saturated heterocycles. The molecule has 2 heterocycles. The maximum Gasteiger partial charge on any atom is 0.401 e. The molecule has 0 radical (unpaired) electrons. The number of rotatable bonds is 10. The quantitative estimate of drug-likeness (QED) is 0.200. The lowest BCUT2D eigenvalue weighted by atomic mass is 10.1. The molecule has 0 unspecified atom stereocenters. The van der Waals surface area contributed by atoms with E-state index in [0.717, 1.165) is 22.5 Å². The van der Waals surface area contributed by atoms with Crippen LogP contribution in [0.4, 0.5) is 24.5 Å². The van der Waals surface area contributed by atoms with Crippen molar-refractivity contribution < 1.29 is 22.6 Å². The van der Waals surface area contributed by atoms with Crippen LogP contribution in [0.25, 0.3) is 22.3 Å². The summed E-state index contributed by atoms with van der Waals surface area (Å²) >= 11 is 0. The number of anilines is 2. The zero-order valence-electron chi connectivity index (χ0n) is 25.2. The van der Waals surface area contributed by atoms with Crippen molar-refractivity contribution in [3.05, 3.63) is 55.0 Å². The van der Waals surface area contributed by atoms with E-state index in [1.54, 1.807) is 17.1 Å². The largest absolute Gasteiger partial charge is 0.488 e. The summed E-state index contributed by atoms with van der Waals surface area (Å²) in [7, 11) is 1.84. The molecular formula is C31H39F3N6O2. The van der Waals surface area contributed by atoms with Crippen LogP contribution >= 0.6 is 0 Å². The fraction of sp³-hybridized carbons (Fsp3) is 0.452. The van der Waals surface area contributed by atoms with Crippen LogP contribution in [0.5, 0.6) is 11.5 Å². The highest BCUT2D eigenvalue weighted by molar-refractivity contribution is 5.82. The Morgan fingerprint density at radius 1 is 0.857 bits per heavy atom. The Balaban J connectivity index is 1.75. The Hall–Kier alpha value is -3.86. The van der Waals surface area contributed by atoms with Gasteiger partial charge in [-0.1, -0.05) is 0 Å². The zero-order valence-corrected chi connectivity index (χ0v) is 25.2. The van der Waals surface area contributed by atoms with Crippen molar-refractivity contribution in [2.45, 2.75) is 65.3 Å². The van der Waals surface area contributed by atoms with Crippen LogP contribution in [0.2, 0.25) is 0 Å². The first-order valence-electron chi connectivity index (χ1n) is 13.9. The summed E-state index contributed by atoms with van der Waals surface area (Å²) < 4.78 is 52.3. The third-order valence-electron chi connectivity index (χ3n) is 5.92. The molecule has 2 aromatic heterocycles. The monoisotopic (exact) mass is 584 g/mol. The maximum atomic E-state index is 12.7. The number of hydrogen-bond acceptors (Lipinski definition) is 7. The van der Waals surface area contributed by atoms with Crippen molar-refractivity contribution in [3.63, 3.8) is 0 Å². The first-order chi connectivity index (χ1) is 19.5. The Kier molecular flexibility index (Phi) is 9.01. The zero-order chi connectivity index (χ0) is 30.7. The molecule has 0 amide bonds. The summed E-state index contributed by atoms with van der Waals surface area (Å²) in [5.74, 6) is 1.25. The lowest BCUT2D eigenvalue weighted by molar-refractivity contribution is -0.124. The third-order valence-corrected chi connectivity index (χ3v) is 5.92. The van der Waals surface area contributed by atoms with Gasteiger partial charge in [0, 0.05) is 54.9 Å². The summed E-state index contributed by atoms with van der Waals surface area (Å²) in [6.45, 7) is 11.4. The number of halogens is 3. The van der Waals surface area contributed by atoms with E-state index in [-0.39, 0.29) is 6.54 Å². The van der Waals surface area contributed by atoms with Crippen LogP contribution in [0.3, 0.4) is 0 Å². The Labute approximate surface area is 244 Å². The number of nitrogens with one attached hydrogen (secondary N) is 1. The lowest BCUT2D eigenvalue weighted by Gasteiger charge is -2.29. The third kappa shape index (κ3) is 9.07. The molecule has 0 bridgehead atoms. The minimum atomic E-state index is -4.26. The van der Waals surface area contributed by atoms with Gasteiger partial charge in [0.25, 0.3) is 0 Å². The molecule has 0 atom stereocenters. The van der Waals surface area contributed by atoms with Crippen molar-refractivity contribution in [1.29, 1.82) is 0 Å². The molecule has 11 heteroatoms. The summed E-state index contributed by atoms with van der Waals surface area (Å²) in [5, 5.41) is 6.72. The second-order valence-electron chi connectivity index (χ2n) is 12.2. The molecule has 0 aliphatic carbocycles. The van der Waals surface area contributed by atoms with E-state index in [2.05, 4.69) is 15.4 Å². The van der Waals surface area contributed by atoms with Crippen LogP contribution in [0, 0.1) is 0 Å². The van der Waals surface area contributed by atoms with Gasteiger partial charge in [0.1, 0.15) is 22.7 Å². The normalized spacial score (nSPS) is 12.5. The number of fused-ring (bicyclic) bond motifs is 1.